The Balaban J connectivity index is 1.98. The molecule has 0 unspecified atom stereocenters. The number of nitrogens with one attached hydrogen (secondary N) is 1. The number of carbonyl (C=O) groups is 2. The number of hydrogen-bond acceptors (Lipinski definition) is 7. The summed E-state index contributed by atoms with van der Waals surface area (Å²) in [6.07, 6.45) is 3.23. The highest BCUT2D eigenvalue weighted by molar-refractivity contribution is 6.37. The summed E-state index contributed by atoms with van der Waals surface area (Å²) < 4.78 is 11.3. The van der Waals surface area contributed by atoms with Gasteiger partial charge in [0.15, 0.2) is 5.82 Å². The lowest BCUT2D eigenvalue weighted by molar-refractivity contribution is -0.152. The number of nitrogens with zero attached hydrogens (tertiary/aromatic N) is 4. The van der Waals surface area contributed by atoms with Crippen LogP contribution in [0.3, 0.4) is 0 Å². The number of methoxy groups -OCH3 is 1. The first-order valence-corrected chi connectivity index (χ1v) is 8.12. The van der Waals surface area contributed by atoms with Crippen molar-refractivity contribution in [3.8, 4) is 23.0 Å². The monoisotopic (exact) mass is 367 g/mol. The fourth-order valence-electron chi connectivity index (χ4n) is 2.32. The van der Waals surface area contributed by atoms with Gasteiger partial charge in [-0.1, -0.05) is 6.07 Å². The summed E-state index contributed by atoms with van der Waals surface area (Å²) in [5.74, 6) is -1.23. The van der Waals surface area contributed by atoms with E-state index in [9.17, 15) is 9.59 Å². The van der Waals surface area contributed by atoms with Crippen molar-refractivity contribution in [2.45, 2.75) is 6.92 Å². The maximum atomic E-state index is 11.9. The highest BCUT2D eigenvalue weighted by Gasteiger charge is 2.19. The van der Waals surface area contributed by atoms with E-state index in [-0.39, 0.29) is 12.4 Å². The van der Waals surface area contributed by atoms with E-state index in [0.717, 1.165) is 0 Å². The van der Waals surface area contributed by atoms with E-state index < -0.39 is 11.9 Å². The van der Waals surface area contributed by atoms with Crippen molar-refractivity contribution in [3.05, 3.63) is 48.8 Å². The highest BCUT2D eigenvalue weighted by Crippen LogP contribution is 2.24. The fourth-order valence-corrected chi connectivity index (χ4v) is 2.32. The SMILES string of the molecule is CCOC(=O)C(=O)Nc1cc(-c2ccccn2)n(-c2ccc(OC)nc2)n1. The van der Waals surface area contributed by atoms with Crippen LogP contribution >= 0.6 is 0 Å². The van der Waals surface area contributed by atoms with Crippen LogP contribution in [0, 0.1) is 0 Å². The first-order chi connectivity index (χ1) is 13.1. The second kappa shape index (κ2) is 8.09. The lowest BCUT2D eigenvalue weighted by atomic mass is 10.2. The lowest BCUT2D eigenvalue weighted by Crippen LogP contribution is -2.25. The highest BCUT2D eigenvalue weighted by atomic mass is 16.5. The molecule has 3 rings (SSSR count). The number of rotatable bonds is 5. The summed E-state index contributed by atoms with van der Waals surface area (Å²) in [7, 11) is 1.53. The Hall–Kier alpha value is -3.75. The number of anilines is 1. The number of amides is 1. The van der Waals surface area contributed by atoms with E-state index in [0.29, 0.717) is 23.0 Å². The third-order valence-corrected chi connectivity index (χ3v) is 3.51. The second-order valence-electron chi connectivity index (χ2n) is 5.27. The number of esters is 1. The average molecular weight is 367 g/mol. The number of ether oxygens (including phenoxy) is 2. The zero-order valence-corrected chi connectivity index (χ0v) is 14.7. The molecule has 0 bridgehead atoms. The summed E-state index contributed by atoms with van der Waals surface area (Å²) >= 11 is 0. The van der Waals surface area contributed by atoms with E-state index in [4.69, 9.17) is 4.74 Å². The van der Waals surface area contributed by atoms with Gasteiger partial charge in [-0.2, -0.15) is 0 Å². The summed E-state index contributed by atoms with van der Waals surface area (Å²) in [4.78, 5) is 31.9. The Morgan fingerprint density at radius 3 is 2.67 bits per heavy atom. The maximum Gasteiger partial charge on any atom is 0.397 e. The maximum absolute atomic E-state index is 11.9. The van der Waals surface area contributed by atoms with Gasteiger partial charge < -0.3 is 9.47 Å². The third-order valence-electron chi connectivity index (χ3n) is 3.51. The van der Waals surface area contributed by atoms with Gasteiger partial charge in [-0.15, -0.1) is 5.10 Å². The van der Waals surface area contributed by atoms with Crippen LogP contribution in [0.2, 0.25) is 0 Å². The van der Waals surface area contributed by atoms with Gasteiger partial charge in [0.2, 0.25) is 5.88 Å². The molecule has 3 aromatic rings. The molecule has 0 saturated carbocycles. The van der Waals surface area contributed by atoms with E-state index >= 15 is 0 Å². The molecule has 3 aromatic heterocycles. The number of pyridine rings is 2. The quantitative estimate of drug-likeness (QED) is 0.541. The predicted octanol–water partition coefficient (Wildman–Crippen LogP) is 1.84. The van der Waals surface area contributed by atoms with Gasteiger partial charge in [-0.3, -0.25) is 15.1 Å². The first-order valence-electron chi connectivity index (χ1n) is 8.12. The Morgan fingerprint density at radius 2 is 2.04 bits per heavy atom. The largest absolute Gasteiger partial charge is 0.481 e. The number of aromatic nitrogens is 4. The first kappa shape index (κ1) is 18.1. The summed E-state index contributed by atoms with van der Waals surface area (Å²) in [5, 5.41) is 6.78. The van der Waals surface area contributed by atoms with Crippen molar-refractivity contribution in [2.75, 3.05) is 19.0 Å². The van der Waals surface area contributed by atoms with E-state index in [1.807, 2.05) is 6.07 Å². The van der Waals surface area contributed by atoms with Gasteiger partial charge in [0.05, 0.1) is 37.0 Å². The van der Waals surface area contributed by atoms with Gasteiger partial charge in [-0.25, -0.2) is 14.5 Å². The summed E-state index contributed by atoms with van der Waals surface area (Å²) in [5.41, 5.74) is 1.88. The third kappa shape index (κ3) is 4.09. The van der Waals surface area contributed by atoms with Crippen LogP contribution in [0.1, 0.15) is 6.92 Å². The van der Waals surface area contributed by atoms with Gasteiger partial charge in [0, 0.05) is 18.3 Å². The minimum absolute atomic E-state index is 0.109. The van der Waals surface area contributed by atoms with Crippen molar-refractivity contribution >= 4 is 17.7 Å². The molecule has 0 atom stereocenters. The Bertz CT molecular complexity index is 938. The van der Waals surface area contributed by atoms with Crippen LogP contribution < -0.4 is 10.1 Å². The second-order valence-corrected chi connectivity index (χ2v) is 5.27. The summed E-state index contributed by atoms with van der Waals surface area (Å²) in [6, 6.07) is 10.5. The standard InChI is InChI=1S/C18H17N5O4/c1-3-27-18(25)17(24)21-15-10-14(13-6-4-5-9-19-13)23(22-15)12-7-8-16(26-2)20-11-12/h4-11H,3H2,1-2H3,(H,21,22,24). The van der Waals surface area contributed by atoms with Crippen LogP contribution in [0.4, 0.5) is 5.82 Å². The molecule has 9 heteroatoms. The molecular weight excluding hydrogens is 350 g/mol. The molecule has 0 saturated heterocycles. The van der Waals surface area contributed by atoms with E-state index in [2.05, 4.69) is 25.1 Å². The average Bonchev–Trinajstić information content (AvgIpc) is 3.12. The van der Waals surface area contributed by atoms with Crippen molar-refractivity contribution in [1.82, 2.24) is 19.7 Å². The molecule has 0 aromatic carbocycles. The Kier molecular flexibility index (Phi) is 5.41. The summed E-state index contributed by atoms with van der Waals surface area (Å²) in [6.45, 7) is 1.73. The number of hydrogen-bond donors (Lipinski definition) is 1. The molecular formula is C18H17N5O4. The Morgan fingerprint density at radius 1 is 1.19 bits per heavy atom. The zero-order valence-electron chi connectivity index (χ0n) is 14.7. The van der Waals surface area contributed by atoms with Gasteiger partial charge >= 0.3 is 11.9 Å². The lowest BCUT2D eigenvalue weighted by Gasteiger charge is -2.07. The Labute approximate surface area is 155 Å². The van der Waals surface area contributed by atoms with Gasteiger partial charge in [-0.05, 0) is 25.1 Å². The molecule has 1 N–H and O–H groups in total. The minimum atomic E-state index is -0.974. The molecule has 0 aliphatic carbocycles. The van der Waals surface area contributed by atoms with E-state index in [1.54, 1.807) is 54.3 Å². The van der Waals surface area contributed by atoms with E-state index in [1.165, 1.54) is 7.11 Å². The van der Waals surface area contributed by atoms with Crippen LogP contribution in [-0.4, -0.2) is 45.3 Å². The predicted molar refractivity (Wildman–Crippen MR) is 96.4 cm³/mol. The van der Waals surface area contributed by atoms with Gasteiger partial charge in [0.1, 0.15) is 0 Å². The molecule has 9 nitrogen and oxygen atoms in total. The minimum Gasteiger partial charge on any atom is -0.481 e. The van der Waals surface area contributed by atoms with Crippen molar-refractivity contribution in [1.29, 1.82) is 0 Å². The topological polar surface area (TPSA) is 108 Å². The van der Waals surface area contributed by atoms with Crippen LogP contribution in [0.15, 0.2) is 48.8 Å². The zero-order chi connectivity index (χ0) is 19.2. The van der Waals surface area contributed by atoms with Crippen LogP contribution in [0.25, 0.3) is 17.1 Å². The molecule has 0 fully saturated rings. The van der Waals surface area contributed by atoms with Gasteiger partial charge in [0.25, 0.3) is 0 Å². The molecule has 0 radical (unpaired) electrons. The molecule has 27 heavy (non-hydrogen) atoms. The molecule has 138 valence electrons. The molecule has 1 amide bonds. The molecule has 0 spiro atoms. The van der Waals surface area contributed by atoms with Crippen molar-refractivity contribution in [2.24, 2.45) is 0 Å². The smallest absolute Gasteiger partial charge is 0.397 e. The number of carbonyl (C=O) groups excluding carboxylic acids is 2. The van der Waals surface area contributed by atoms with Crippen molar-refractivity contribution < 1.29 is 19.1 Å². The van der Waals surface area contributed by atoms with Crippen LogP contribution in [-0.2, 0) is 14.3 Å². The normalized spacial score (nSPS) is 10.3. The fraction of sp³-hybridized carbons (Fsp3) is 0.167. The van der Waals surface area contributed by atoms with Crippen LogP contribution in [0.5, 0.6) is 5.88 Å². The molecule has 3 heterocycles. The van der Waals surface area contributed by atoms with Crippen molar-refractivity contribution in [3.63, 3.8) is 0 Å². The molecule has 0 aliphatic rings. The molecule has 0 aliphatic heterocycles.